The van der Waals surface area contributed by atoms with Gasteiger partial charge in [-0.05, 0) is 164 Å². The zero-order chi connectivity index (χ0) is 90.9. The molecule has 1 aliphatic heterocycles. The molecule has 20 heteroatoms. The Hall–Kier alpha value is -16.4. The summed E-state index contributed by atoms with van der Waals surface area (Å²) in [5.74, 6) is 4.09. The van der Waals surface area contributed by atoms with Crippen LogP contribution in [0, 0.1) is 0 Å². The van der Waals surface area contributed by atoms with Crippen LogP contribution in [0.25, 0.3) is 242 Å². The smallest absolute Gasteiger partial charge is 0.456 e. The van der Waals surface area contributed by atoms with Crippen molar-refractivity contribution < 1.29 is 18.1 Å². The van der Waals surface area contributed by atoms with E-state index in [1.165, 1.54) is 26.1 Å². The van der Waals surface area contributed by atoms with Gasteiger partial charge in [0.05, 0.1) is 65.1 Å². The van der Waals surface area contributed by atoms with Crippen molar-refractivity contribution in [3.8, 4) is 114 Å². The molecule has 0 saturated carbocycles. The van der Waals surface area contributed by atoms with Gasteiger partial charge in [0.1, 0.15) is 22.3 Å². The Morgan fingerprint density at radius 2 is 0.596 bits per heavy atom. The lowest BCUT2D eigenvalue weighted by Crippen LogP contribution is -2.41. The number of aromatic nitrogens is 12. The van der Waals surface area contributed by atoms with Gasteiger partial charge < -0.3 is 18.1 Å². The monoisotopic (exact) mass is 1810 g/mol. The molecule has 16 nitrogen and oxygen atoms in total. The van der Waals surface area contributed by atoms with Crippen molar-refractivity contribution in [2.75, 3.05) is 0 Å². The minimum Gasteiger partial charge on any atom is -0.456 e. The Labute approximate surface area is 792 Å². The molecule has 27 rings (SSSR count). The van der Waals surface area contributed by atoms with Crippen molar-refractivity contribution in [2.45, 2.75) is 38.9 Å². The van der Waals surface area contributed by atoms with Crippen LogP contribution >= 0.6 is 34.3 Å². The van der Waals surface area contributed by atoms with E-state index in [4.69, 9.17) is 69.6 Å². The molecule has 0 unspecified atom stereocenters. The topological polar surface area (TPSA) is 183 Å². The maximum atomic E-state index is 6.57. The third-order valence-corrected chi connectivity index (χ3v) is 28.5. The molecular weight excluding hydrogens is 1740 g/mol. The summed E-state index contributed by atoms with van der Waals surface area (Å²) >= 11 is 9.82. The minimum atomic E-state index is -0.425. The number of halogens is 1. The number of fused-ring (bicyclic) bond motifs is 18. The highest BCUT2D eigenvalue weighted by Crippen LogP contribution is 2.46. The first-order valence-corrected chi connectivity index (χ1v) is 47.0. The highest BCUT2D eigenvalue weighted by atomic mass is 35.5. The first-order valence-electron chi connectivity index (χ1n) is 45.0. The highest BCUT2D eigenvalue weighted by Gasteiger charge is 2.52. The summed E-state index contributed by atoms with van der Waals surface area (Å²) in [5.41, 5.74) is 22.5. The van der Waals surface area contributed by atoms with Crippen LogP contribution in [0.2, 0.25) is 5.28 Å². The molecule has 646 valence electrons. The van der Waals surface area contributed by atoms with Crippen molar-refractivity contribution in [1.29, 1.82) is 0 Å². The number of para-hydroxylation sites is 2. The number of hydrogen-bond donors (Lipinski definition) is 0. The molecule has 0 spiro atoms. The quantitative estimate of drug-likeness (QED) is 0.105. The van der Waals surface area contributed by atoms with Crippen molar-refractivity contribution in [3.05, 3.63) is 394 Å². The van der Waals surface area contributed by atoms with Crippen molar-refractivity contribution in [1.82, 2.24) is 59.0 Å². The molecule has 0 aliphatic carbocycles. The molecule has 1 aliphatic rings. The summed E-state index contributed by atoms with van der Waals surface area (Å²) in [5, 5.41) is 11.0. The lowest BCUT2D eigenvalue weighted by Gasteiger charge is -2.32. The van der Waals surface area contributed by atoms with E-state index in [-0.39, 0.29) is 5.28 Å². The van der Waals surface area contributed by atoms with Gasteiger partial charge in [0.15, 0.2) is 29.1 Å². The second-order valence-corrected chi connectivity index (χ2v) is 37.3. The Morgan fingerprint density at radius 3 is 1.07 bits per heavy atom. The maximum absolute atomic E-state index is 6.57. The van der Waals surface area contributed by atoms with Gasteiger partial charge in [0.2, 0.25) is 17.2 Å². The lowest BCUT2D eigenvalue weighted by molar-refractivity contribution is 0.00578. The SMILES string of the molecule is CC1(C)OB(c2ccc3oc4cc(-c5nc(-c6ccccc6)c6sc7ccccc7c6n5)ccc4c3c2)OC1(C)C.Clc1nc(-c2ccccc2)nc(-n2c3ccccc3c3cc(-c4ccccc4)ccc32)n1.c1ccc(-c2ccc3c(c2)c2ccccc2n3-c2nc(-c3ccccc3)nc(-c3ccc4oc5cc(-c6nc(-c7ccccc7)c7sc8ccccc8c7n6)ccc5c4c3)n2)cc1. The van der Waals surface area contributed by atoms with Crippen LogP contribution in [0.15, 0.2) is 397 Å². The molecule has 0 atom stereocenters. The standard InChI is InChI=1S/C55H32N6OS.C34H27BN2O3S.C27H17ClN4/c1-4-14-33(15-5-1)36-25-28-45-42(30-36)39-20-10-12-22-44(39)61(45)55-59-52(35-18-8-3-9-19-35)58-54(60-55)37-26-29-46-43(31-37)40-27-24-38(32-47(40)62-46)53-56-49(34-16-6-2-7-17-34)51-50(57-53)41-21-11-13-23-48(41)63-51;1-33(2)34(3,4)40-35(39-33)22-15-17-26-25(19-22)23-16-14-21(18-27(23)38-26)32-36-29(20-10-6-5-7-11-20)31-30(37-32)24-12-8-9-13-28(24)41-31;28-26-29-25(19-11-5-2-6-12-19)30-27(31-26)32-23-14-8-7-13-21(23)22-17-20(15-16-24(22)32)18-9-3-1-4-10-18/h1-32H;5-19H,1-4H3;1-17H. The molecule has 16 aromatic carbocycles. The van der Waals surface area contributed by atoms with E-state index < -0.39 is 18.3 Å². The summed E-state index contributed by atoms with van der Waals surface area (Å²) in [6.07, 6.45) is 0. The van der Waals surface area contributed by atoms with Crippen LogP contribution < -0.4 is 5.46 Å². The normalized spacial score (nSPS) is 13.1. The van der Waals surface area contributed by atoms with Crippen LogP contribution in [0.1, 0.15) is 27.7 Å². The molecule has 1 fully saturated rings. The van der Waals surface area contributed by atoms with Gasteiger partial charge in [-0.25, -0.2) is 24.9 Å². The van der Waals surface area contributed by atoms with Gasteiger partial charge in [-0.2, -0.15) is 24.9 Å². The average molecular weight is 1810 g/mol. The molecule has 136 heavy (non-hydrogen) atoms. The summed E-state index contributed by atoms with van der Waals surface area (Å²) in [6, 6.07) is 133. The van der Waals surface area contributed by atoms with Crippen LogP contribution in [0.4, 0.5) is 0 Å². The number of benzene rings is 16. The lowest BCUT2D eigenvalue weighted by atomic mass is 9.78. The third-order valence-electron chi connectivity index (χ3n) is 26.0. The molecule has 0 bridgehead atoms. The number of furan rings is 2. The fraction of sp³-hybridized carbons (Fsp3) is 0.0517. The number of hydrogen-bond acceptors (Lipinski definition) is 16. The number of thiophene rings is 2. The Kier molecular flexibility index (Phi) is 19.9. The van der Waals surface area contributed by atoms with Gasteiger partial charge in [0.25, 0.3) is 0 Å². The Morgan fingerprint density at radius 1 is 0.250 bits per heavy atom. The van der Waals surface area contributed by atoms with Crippen LogP contribution in [0.3, 0.4) is 0 Å². The average Bonchev–Trinajstić information content (AvgIpc) is 1.59. The van der Waals surface area contributed by atoms with Crippen molar-refractivity contribution in [2.24, 2.45) is 0 Å². The molecule has 0 radical (unpaired) electrons. The molecule has 0 N–H and O–H groups in total. The summed E-state index contributed by atoms with van der Waals surface area (Å²) < 4.78 is 34.3. The second-order valence-electron chi connectivity index (χ2n) is 34.9. The van der Waals surface area contributed by atoms with Crippen LogP contribution in [0.5, 0.6) is 0 Å². The molecule has 1 saturated heterocycles. The summed E-state index contributed by atoms with van der Waals surface area (Å²) in [4.78, 5) is 49.8. The highest BCUT2D eigenvalue weighted by molar-refractivity contribution is 7.26. The number of nitrogens with zero attached hydrogens (tertiary/aromatic N) is 12. The molecule has 11 heterocycles. The first kappa shape index (κ1) is 81.6. The van der Waals surface area contributed by atoms with Gasteiger partial charge in [-0.15, -0.1) is 22.7 Å². The van der Waals surface area contributed by atoms with Gasteiger partial charge in [-0.1, -0.05) is 291 Å². The molecular formula is C116H76BClN12O4S2. The van der Waals surface area contributed by atoms with E-state index in [0.717, 1.165) is 180 Å². The van der Waals surface area contributed by atoms with Crippen LogP contribution in [-0.4, -0.2) is 77.3 Å². The number of rotatable bonds is 12. The molecule has 26 aromatic rings. The van der Waals surface area contributed by atoms with Gasteiger partial charge in [-0.3, -0.25) is 9.13 Å². The van der Waals surface area contributed by atoms with Crippen molar-refractivity contribution in [3.63, 3.8) is 0 Å². The largest absolute Gasteiger partial charge is 0.494 e. The van der Waals surface area contributed by atoms with Crippen LogP contribution in [-0.2, 0) is 9.31 Å². The fourth-order valence-corrected chi connectivity index (χ4v) is 21.1. The van der Waals surface area contributed by atoms with Crippen molar-refractivity contribution >= 4 is 175 Å². The van der Waals surface area contributed by atoms with E-state index in [1.54, 1.807) is 22.7 Å². The third kappa shape index (κ3) is 14.5. The maximum Gasteiger partial charge on any atom is 0.494 e. The predicted octanol–water partition coefficient (Wildman–Crippen LogP) is 29.7. The van der Waals surface area contributed by atoms with E-state index in [2.05, 4.69) is 314 Å². The molecule has 10 aromatic heterocycles. The second kappa shape index (κ2) is 33.1. The van der Waals surface area contributed by atoms with Gasteiger partial charge >= 0.3 is 7.12 Å². The summed E-state index contributed by atoms with van der Waals surface area (Å²) in [6.45, 7) is 8.29. The summed E-state index contributed by atoms with van der Waals surface area (Å²) in [7, 11) is -0.425. The molecule has 0 amide bonds. The Bertz CT molecular complexity index is 9220. The fourth-order valence-electron chi connectivity index (χ4n) is 18.6. The zero-order valence-corrected chi connectivity index (χ0v) is 76.1. The van der Waals surface area contributed by atoms with Gasteiger partial charge in [0, 0.05) is 102 Å². The van der Waals surface area contributed by atoms with E-state index in [9.17, 15) is 0 Å². The van der Waals surface area contributed by atoms with E-state index in [1.807, 2.05) is 121 Å². The Balaban J connectivity index is 0.000000116. The predicted molar refractivity (Wildman–Crippen MR) is 556 cm³/mol. The minimum absolute atomic E-state index is 0.167. The van der Waals surface area contributed by atoms with E-state index in [0.29, 0.717) is 41.0 Å². The zero-order valence-electron chi connectivity index (χ0n) is 73.7. The first-order chi connectivity index (χ1) is 66.7. The van der Waals surface area contributed by atoms with E-state index >= 15 is 0 Å².